The molecule has 0 radical (unpaired) electrons. The molecule has 0 amide bonds. The Morgan fingerprint density at radius 3 is 1.56 bits per heavy atom. The Morgan fingerprint density at radius 2 is 1.11 bits per heavy atom. The maximum Gasteiger partial charge on any atom is 0.0701 e. The van der Waals surface area contributed by atoms with Crippen LogP contribution in [0.5, 0.6) is 0 Å². The van der Waals surface area contributed by atoms with Crippen molar-refractivity contribution in [1.82, 2.24) is 4.90 Å². The number of nitrogens with zero attached hydrogens (tertiary/aromatic N) is 1. The monoisotopic (exact) mass is 263 g/mol. The van der Waals surface area contributed by atoms with Gasteiger partial charge in [0.15, 0.2) is 0 Å². The molecule has 0 saturated carbocycles. The molecule has 0 saturated heterocycles. The standard InChI is InChI=1S/C13H29NO4/c1-4-14(5-2)6-7-16-10-11-18-13-12-17-9-8-15-3/h4-13H2,1-3H3. The zero-order chi connectivity index (χ0) is 13.5. The minimum atomic E-state index is 0.614. The molecule has 0 aromatic heterocycles. The van der Waals surface area contributed by atoms with Gasteiger partial charge in [0.05, 0.1) is 46.2 Å². The SMILES string of the molecule is CCN(CC)CCOCCOCCOCCOC. The fourth-order valence-electron chi connectivity index (χ4n) is 1.42. The molecule has 0 rings (SSSR count). The predicted molar refractivity (Wildman–Crippen MR) is 72.1 cm³/mol. The topological polar surface area (TPSA) is 40.2 Å². The van der Waals surface area contributed by atoms with Crippen molar-refractivity contribution >= 4 is 0 Å². The van der Waals surface area contributed by atoms with E-state index in [1.54, 1.807) is 7.11 Å². The van der Waals surface area contributed by atoms with Crippen LogP contribution in [0.25, 0.3) is 0 Å². The van der Waals surface area contributed by atoms with Gasteiger partial charge in [-0.2, -0.15) is 0 Å². The third-order valence-corrected chi connectivity index (χ3v) is 2.62. The van der Waals surface area contributed by atoms with Crippen molar-refractivity contribution < 1.29 is 18.9 Å². The lowest BCUT2D eigenvalue weighted by Crippen LogP contribution is -2.27. The van der Waals surface area contributed by atoms with Gasteiger partial charge in [-0.3, -0.25) is 0 Å². The normalized spacial score (nSPS) is 11.3. The van der Waals surface area contributed by atoms with E-state index < -0.39 is 0 Å². The van der Waals surface area contributed by atoms with E-state index in [0.717, 1.165) is 26.2 Å². The maximum atomic E-state index is 5.49. The molecule has 0 bridgehead atoms. The number of methoxy groups -OCH3 is 1. The van der Waals surface area contributed by atoms with Crippen LogP contribution in [-0.2, 0) is 18.9 Å². The van der Waals surface area contributed by atoms with Crippen LogP contribution in [0.15, 0.2) is 0 Å². The van der Waals surface area contributed by atoms with Crippen LogP contribution in [0.1, 0.15) is 13.8 Å². The Labute approximate surface area is 111 Å². The van der Waals surface area contributed by atoms with E-state index >= 15 is 0 Å². The zero-order valence-corrected chi connectivity index (χ0v) is 12.2. The van der Waals surface area contributed by atoms with E-state index in [1.807, 2.05) is 0 Å². The molecule has 5 nitrogen and oxygen atoms in total. The second kappa shape index (κ2) is 14.9. The van der Waals surface area contributed by atoms with E-state index in [9.17, 15) is 0 Å². The van der Waals surface area contributed by atoms with Crippen molar-refractivity contribution in [1.29, 1.82) is 0 Å². The van der Waals surface area contributed by atoms with Crippen LogP contribution >= 0.6 is 0 Å². The number of ether oxygens (including phenoxy) is 4. The molecular formula is C13H29NO4. The Morgan fingerprint density at radius 1 is 0.667 bits per heavy atom. The summed E-state index contributed by atoms with van der Waals surface area (Å²) >= 11 is 0. The molecule has 18 heavy (non-hydrogen) atoms. The van der Waals surface area contributed by atoms with E-state index in [-0.39, 0.29) is 0 Å². The largest absolute Gasteiger partial charge is 0.382 e. The maximum absolute atomic E-state index is 5.49. The fourth-order valence-corrected chi connectivity index (χ4v) is 1.42. The predicted octanol–water partition coefficient (Wildman–Crippen LogP) is 1.02. The van der Waals surface area contributed by atoms with Crippen molar-refractivity contribution in [2.45, 2.75) is 13.8 Å². The van der Waals surface area contributed by atoms with Crippen LogP contribution < -0.4 is 0 Å². The highest BCUT2D eigenvalue weighted by atomic mass is 16.6. The van der Waals surface area contributed by atoms with Crippen molar-refractivity contribution in [3.05, 3.63) is 0 Å². The number of hydrogen-bond donors (Lipinski definition) is 0. The van der Waals surface area contributed by atoms with Gasteiger partial charge >= 0.3 is 0 Å². The van der Waals surface area contributed by atoms with Crippen LogP contribution in [0.3, 0.4) is 0 Å². The number of hydrogen-bond acceptors (Lipinski definition) is 5. The van der Waals surface area contributed by atoms with Gasteiger partial charge < -0.3 is 23.8 Å². The highest BCUT2D eigenvalue weighted by molar-refractivity contribution is 4.50. The molecule has 110 valence electrons. The number of likely N-dealkylation sites (N-methyl/N-ethyl adjacent to an activating group) is 1. The van der Waals surface area contributed by atoms with E-state index in [0.29, 0.717) is 39.6 Å². The van der Waals surface area contributed by atoms with Crippen molar-refractivity contribution in [3.8, 4) is 0 Å². The molecule has 0 spiro atoms. The molecule has 0 aliphatic heterocycles. The van der Waals surface area contributed by atoms with E-state index in [1.165, 1.54) is 0 Å². The Kier molecular flexibility index (Phi) is 14.7. The van der Waals surface area contributed by atoms with Gasteiger partial charge in [-0.1, -0.05) is 13.8 Å². The Bertz CT molecular complexity index is 154. The third-order valence-electron chi connectivity index (χ3n) is 2.62. The first-order valence-corrected chi connectivity index (χ1v) is 6.79. The van der Waals surface area contributed by atoms with Gasteiger partial charge in [0.1, 0.15) is 0 Å². The lowest BCUT2D eigenvalue weighted by molar-refractivity contribution is 0.00131. The molecule has 0 atom stereocenters. The summed E-state index contributed by atoms with van der Waals surface area (Å²) in [5, 5.41) is 0. The number of rotatable bonds is 14. The summed E-state index contributed by atoms with van der Waals surface area (Å²) < 4.78 is 21.0. The van der Waals surface area contributed by atoms with E-state index in [4.69, 9.17) is 18.9 Å². The summed E-state index contributed by atoms with van der Waals surface area (Å²) in [7, 11) is 1.66. The summed E-state index contributed by atoms with van der Waals surface area (Å²) in [4.78, 5) is 2.34. The second-order valence-electron chi connectivity index (χ2n) is 3.86. The first-order chi connectivity index (χ1) is 8.85. The van der Waals surface area contributed by atoms with Gasteiger partial charge in [0.2, 0.25) is 0 Å². The quantitative estimate of drug-likeness (QED) is 0.438. The highest BCUT2D eigenvalue weighted by Crippen LogP contribution is 1.87. The molecule has 0 heterocycles. The minimum Gasteiger partial charge on any atom is -0.382 e. The van der Waals surface area contributed by atoms with Gasteiger partial charge in [-0.25, -0.2) is 0 Å². The summed E-state index contributed by atoms with van der Waals surface area (Å²) in [5.41, 5.74) is 0. The van der Waals surface area contributed by atoms with Crippen molar-refractivity contribution in [2.24, 2.45) is 0 Å². The lowest BCUT2D eigenvalue weighted by atomic mass is 10.5. The molecule has 0 aliphatic rings. The van der Waals surface area contributed by atoms with E-state index in [2.05, 4.69) is 18.7 Å². The molecular weight excluding hydrogens is 234 g/mol. The lowest BCUT2D eigenvalue weighted by Gasteiger charge is -2.17. The molecule has 0 N–H and O–H groups in total. The molecule has 0 unspecified atom stereocenters. The molecule has 0 fully saturated rings. The van der Waals surface area contributed by atoms with Crippen LogP contribution in [0, 0.1) is 0 Å². The Balaban J connectivity index is 3.03. The second-order valence-corrected chi connectivity index (χ2v) is 3.86. The minimum absolute atomic E-state index is 0.614. The summed E-state index contributed by atoms with van der Waals surface area (Å²) in [6.45, 7) is 12.0. The third kappa shape index (κ3) is 12.3. The first-order valence-electron chi connectivity index (χ1n) is 6.79. The highest BCUT2D eigenvalue weighted by Gasteiger charge is 1.97. The van der Waals surface area contributed by atoms with Crippen molar-refractivity contribution in [2.75, 3.05) is 73.0 Å². The van der Waals surface area contributed by atoms with Gasteiger partial charge in [-0.05, 0) is 13.1 Å². The van der Waals surface area contributed by atoms with Crippen molar-refractivity contribution in [3.63, 3.8) is 0 Å². The van der Waals surface area contributed by atoms with Gasteiger partial charge in [0, 0.05) is 13.7 Å². The zero-order valence-electron chi connectivity index (χ0n) is 12.2. The van der Waals surface area contributed by atoms with Crippen LogP contribution in [0.2, 0.25) is 0 Å². The average Bonchev–Trinajstić information content (AvgIpc) is 2.40. The summed E-state index contributed by atoms with van der Waals surface area (Å²) in [5.74, 6) is 0. The van der Waals surface area contributed by atoms with Gasteiger partial charge in [0.25, 0.3) is 0 Å². The first kappa shape index (κ1) is 17.8. The smallest absolute Gasteiger partial charge is 0.0701 e. The molecule has 0 aliphatic carbocycles. The average molecular weight is 263 g/mol. The molecule has 0 aromatic rings. The Hall–Kier alpha value is -0.200. The van der Waals surface area contributed by atoms with Crippen LogP contribution in [0.4, 0.5) is 0 Å². The molecule has 5 heteroatoms. The molecule has 0 aromatic carbocycles. The van der Waals surface area contributed by atoms with Crippen LogP contribution in [-0.4, -0.2) is 77.9 Å². The fraction of sp³-hybridized carbons (Fsp3) is 1.00. The van der Waals surface area contributed by atoms with Gasteiger partial charge in [-0.15, -0.1) is 0 Å². The summed E-state index contributed by atoms with van der Waals surface area (Å²) in [6.07, 6.45) is 0. The summed E-state index contributed by atoms with van der Waals surface area (Å²) in [6, 6.07) is 0.